The number of hydrogen-bond donors (Lipinski definition) is 0. The molecule has 2 aromatic rings. The highest BCUT2D eigenvalue weighted by atomic mass is 19.1. The van der Waals surface area contributed by atoms with Gasteiger partial charge in [0, 0.05) is 31.2 Å². The van der Waals surface area contributed by atoms with Gasteiger partial charge in [-0.1, -0.05) is 6.07 Å². The van der Waals surface area contributed by atoms with Crippen LogP contribution in [0.2, 0.25) is 0 Å². The van der Waals surface area contributed by atoms with E-state index < -0.39 is 0 Å². The molecule has 0 radical (unpaired) electrons. The first-order valence-corrected chi connectivity index (χ1v) is 9.86. The zero-order valence-electron chi connectivity index (χ0n) is 16.2. The molecule has 1 unspecified atom stereocenters. The smallest absolute Gasteiger partial charge is 0.253 e. The number of aromatic nitrogens is 1. The van der Waals surface area contributed by atoms with Crippen LogP contribution in [0, 0.1) is 12.7 Å². The molecule has 3 heterocycles. The Morgan fingerprint density at radius 2 is 2.00 bits per heavy atom. The summed E-state index contributed by atoms with van der Waals surface area (Å²) in [4.78, 5) is 20.9. The molecule has 5 nitrogen and oxygen atoms in total. The van der Waals surface area contributed by atoms with Crippen LogP contribution in [0.3, 0.4) is 0 Å². The Bertz CT molecular complexity index is 842. The lowest BCUT2D eigenvalue weighted by molar-refractivity contribution is -0.140. The number of rotatable bonds is 3. The van der Waals surface area contributed by atoms with E-state index in [1.54, 1.807) is 17.0 Å². The number of benzene rings is 1. The maximum absolute atomic E-state index is 13.3. The van der Waals surface area contributed by atoms with Crippen molar-refractivity contribution in [1.82, 2.24) is 9.88 Å². The Morgan fingerprint density at radius 1 is 1.18 bits per heavy atom. The summed E-state index contributed by atoms with van der Waals surface area (Å²) in [5.74, 6) is -0.362. The van der Waals surface area contributed by atoms with Gasteiger partial charge in [0.15, 0.2) is 0 Å². The van der Waals surface area contributed by atoms with Gasteiger partial charge in [-0.15, -0.1) is 0 Å². The number of amides is 1. The number of carbonyl (C=O) groups excluding carboxylic acids is 1. The van der Waals surface area contributed by atoms with Crippen LogP contribution in [0.5, 0.6) is 0 Å². The maximum Gasteiger partial charge on any atom is 0.253 e. The topological polar surface area (TPSA) is 45.7 Å². The molecule has 0 bridgehead atoms. The van der Waals surface area contributed by atoms with E-state index in [1.807, 2.05) is 12.4 Å². The quantitative estimate of drug-likeness (QED) is 0.816. The van der Waals surface area contributed by atoms with Gasteiger partial charge in [0.1, 0.15) is 12.4 Å². The van der Waals surface area contributed by atoms with Crippen LogP contribution in [0.25, 0.3) is 0 Å². The largest absolute Gasteiger partial charge is 0.363 e. The third kappa shape index (κ3) is 4.23. The first-order valence-electron chi connectivity index (χ1n) is 9.86. The van der Waals surface area contributed by atoms with E-state index in [4.69, 9.17) is 4.74 Å². The third-order valence-electron chi connectivity index (χ3n) is 5.72. The molecule has 0 N–H and O–H groups in total. The molecule has 2 aliphatic rings. The highest BCUT2D eigenvalue weighted by molar-refractivity contribution is 5.95. The Labute approximate surface area is 165 Å². The number of pyridine rings is 1. The van der Waals surface area contributed by atoms with Crippen molar-refractivity contribution in [3.8, 4) is 0 Å². The number of carbonyl (C=O) groups is 1. The van der Waals surface area contributed by atoms with Crippen molar-refractivity contribution in [2.24, 2.45) is 0 Å². The van der Waals surface area contributed by atoms with Crippen molar-refractivity contribution in [3.05, 3.63) is 59.7 Å². The molecule has 1 amide bonds. The zero-order chi connectivity index (χ0) is 19.6. The molecule has 6 heteroatoms. The maximum atomic E-state index is 13.3. The van der Waals surface area contributed by atoms with Gasteiger partial charge in [-0.2, -0.15) is 0 Å². The van der Waals surface area contributed by atoms with Gasteiger partial charge in [-0.3, -0.25) is 14.7 Å². The Hall–Kier alpha value is -2.31. The molecular weight excluding hydrogens is 357 g/mol. The molecule has 2 saturated heterocycles. The fourth-order valence-corrected chi connectivity index (χ4v) is 4.22. The second-order valence-corrected chi connectivity index (χ2v) is 7.93. The number of likely N-dealkylation sites (tertiary alicyclic amines) is 1. The summed E-state index contributed by atoms with van der Waals surface area (Å²) in [7, 11) is 0. The van der Waals surface area contributed by atoms with Crippen molar-refractivity contribution >= 4 is 11.6 Å². The molecule has 0 aliphatic carbocycles. The molecule has 2 aliphatic heterocycles. The number of aryl methyl sites for hydroxylation is 1. The fraction of sp³-hybridized carbons (Fsp3) is 0.455. The van der Waals surface area contributed by atoms with E-state index in [-0.39, 0.29) is 23.9 Å². The van der Waals surface area contributed by atoms with Gasteiger partial charge in [0.05, 0.1) is 12.1 Å². The molecule has 148 valence electrons. The number of anilines is 1. The Balaban J connectivity index is 1.44. The van der Waals surface area contributed by atoms with E-state index in [0.29, 0.717) is 6.54 Å². The van der Waals surface area contributed by atoms with Crippen molar-refractivity contribution < 1.29 is 13.9 Å². The molecule has 1 spiro atoms. The van der Waals surface area contributed by atoms with Crippen LogP contribution in [-0.4, -0.2) is 47.6 Å². The third-order valence-corrected chi connectivity index (χ3v) is 5.72. The van der Waals surface area contributed by atoms with E-state index in [1.165, 1.54) is 23.3 Å². The number of morpholine rings is 1. The normalized spacial score (nSPS) is 23.8. The molecule has 2 fully saturated rings. The number of hydrogen-bond acceptors (Lipinski definition) is 4. The van der Waals surface area contributed by atoms with Crippen LogP contribution in [0.1, 0.15) is 30.4 Å². The van der Waals surface area contributed by atoms with Crippen molar-refractivity contribution in [1.29, 1.82) is 0 Å². The van der Waals surface area contributed by atoms with Gasteiger partial charge in [-0.25, -0.2) is 4.39 Å². The van der Waals surface area contributed by atoms with Crippen LogP contribution in [0.4, 0.5) is 10.1 Å². The summed E-state index contributed by atoms with van der Waals surface area (Å²) < 4.78 is 19.3. The lowest BCUT2D eigenvalue weighted by Gasteiger charge is -2.42. The van der Waals surface area contributed by atoms with Crippen LogP contribution < -0.4 is 4.90 Å². The summed E-state index contributed by atoms with van der Waals surface area (Å²) in [5.41, 5.74) is 2.81. The van der Waals surface area contributed by atoms with Gasteiger partial charge in [0.2, 0.25) is 0 Å². The molecule has 28 heavy (non-hydrogen) atoms. The van der Waals surface area contributed by atoms with E-state index in [2.05, 4.69) is 22.9 Å². The highest BCUT2D eigenvalue weighted by Gasteiger charge is 2.41. The second kappa shape index (κ2) is 7.97. The van der Waals surface area contributed by atoms with Crippen LogP contribution in [0.15, 0.2) is 42.7 Å². The first kappa shape index (κ1) is 19.0. The standard InChI is InChI=1S/C22H26FN3O2/c1-17-11-18(13-24-12-17)14-25-9-2-7-22(8-10-25)16-26(21(27)15-28-22)20-5-3-19(23)4-6-20/h3-6,11-13H,2,7-10,14-16H2,1H3. The molecule has 1 aromatic heterocycles. The van der Waals surface area contributed by atoms with Gasteiger partial charge in [-0.05, 0) is 68.1 Å². The summed E-state index contributed by atoms with van der Waals surface area (Å²) in [6.45, 7) is 5.47. The Morgan fingerprint density at radius 3 is 2.79 bits per heavy atom. The summed E-state index contributed by atoms with van der Waals surface area (Å²) in [6, 6.07) is 8.31. The SMILES string of the molecule is Cc1cncc(CN2CCCC3(CC2)CN(c2ccc(F)cc2)C(=O)CO3)c1. The predicted molar refractivity (Wildman–Crippen MR) is 106 cm³/mol. The minimum atomic E-state index is -0.331. The lowest BCUT2D eigenvalue weighted by atomic mass is 9.92. The minimum Gasteiger partial charge on any atom is -0.363 e. The van der Waals surface area contributed by atoms with Crippen molar-refractivity contribution in [2.75, 3.05) is 31.1 Å². The predicted octanol–water partition coefficient (Wildman–Crippen LogP) is 3.32. The number of halogens is 1. The molecule has 1 aromatic carbocycles. The highest BCUT2D eigenvalue weighted by Crippen LogP contribution is 2.33. The summed E-state index contributed by atoms with van der Waals surface area (Å²) >= 11 is 0. The van der Waals surface area contributed by atoms with Crippen molar-refractivity contribution in [3.63, 3.8) is 0 Å². The van der Waals surface area contributed by atoms with Crippen LogP contribution in [-0.2, 0) is 16.1 Å². The molecule has 1 atom stereocenters. The van der Waals surface area contributed by atoms with Gasteiger partial charge in [0.25, 0.3) is 5.91 Å². The Kier molecular flexibility index (Phi) is 5.42. The molecular formula is C22H26FN3O2. The fourth-order valence-electron chi connectivity index (χ4n) is 4.22. The zero-order valence-corrected chi connectivity index (χ0v) is 16.2. The number of nitrogens with zero attached hydrogens (tertiary/aromatic N) is 3. The second-order valence-electron chi connectivity index (χ2n) is 7.93. The molecule has 0 saturated carbocycles. The summed E-state index contributed by atoms with van der Waals surface area (Å²) in [6.07, 6.45) is 6.61. The van der Waals surface area contributed by atoms with Crippen molar-refractivity contribution in [2.45, 2.75) is 38.3 Å². The van der Waals surface area contributed by atoms with Gasteiger partial charge < -0.3 is 9.64 Å². The van der Waals surface area contributed by atoms with Crippen LogP contribution >= 0.6 is 0 Å². The average molecular weight is 383 g/mol. The summed E-state index contributed by atoms with van der Waals surface area (Å²) in [5, 5.41) is 0. The van der Waals surface area contributed by atoms with E-state index >= 15 is 0 Å². The molecule has 4 rings (SSSR count). The minimum absolute atomic E-state index is 0.0656. The monoisotopic (exact) mass is 383 g/mol. The average Bonchev–Trinajstić information content (AvgIpc) is 2.87. The van der Waals surface area contributed by atoms with Gasteiger partial charge >= 0.3 is 0 Å². The lowest BCUT2D eigenvalue weighted by Crippen LogP contribution is -2.55. The van der Waals surface area contributed by atoms with E-state index in [0.717, 1.165) is 44.6 Å². The van der Waals surface area contributed by atoms with E-state index in [9.17, 15) is 9.18 Å². The number of ether oxygens (including phenoxy) is 1. The first-order chi connectivity index (χ1) is 13.5.